The van der Waals surface area contributed by atoms with Gasteiger partial charge in [-0.3, -0.25) is 0 Å². The van der Waals surface area contributed by atoms with Gasteiger partial charge in [0.05, 0.1) is 21.4 Å². The molecule has 5 aromatic rings. The van der Waals surface area contributed by atoms with Crippen LogP contribution in [0.15, 0.2) is 65.1 Å². The number of hydrogen-bond acceptors (Lipinski definition) is 5. The topological polar surface area (TPSA) is 44.5 Å². The molecule has 0 radical (unpaired) electrons. The molecule has 3 heterocycles. The first-order chi connectivity index (χ1) is 14.8. The molecule has 0 unspecified atom stereocenters. The summed E-state index contributed by atoms with van der Waals surface area (Å²) in [4.78, 5) is 4.87. The molecule has 6 heteroatoms. The third-order valence-electron chi connectivity index (χ3n) is 6.55. The Morgan fingerprint density at radius 2 is 1.52 bits per heavy atom. The summed E-state index contributed by atoms with van der Waals surface area (Å²) in [7, 11) is -0.402. The van der Waals surface area contributed by atoms with Crippen LogP contribution in [-0.4, -0.2) is 23.3 Å². The molecule has 0 saturated carbocycles. The van der Waals surface area contributed by atoms with E-state index in [2.05, 4.69) is 64.1 Å². The van der Waals surface area contributed by atoms with Crippen molar-refractivity contribution in [2.24, 2.45) is 0 Å². The largest absolute Gasteiger partial charge is 0.494 e. The molecular formula is C25H22BNO3S. The number of thiazole rings is 1. The Morgan fingerprint density at radius 1 is 0.806 bits per heavy atom. The summed E-state index contributed by atoms with van der Waals surface area (Å²) >= 11 is 1.69. The van der Waals surface area contributed by atoms with Crippen LogP contribution in [0.2, 0.25) is 0 Å². The van der Waals surface area contributed by atoms with Gasteiger partial charge in [0, 0.05) is 22.4 Å². The Labute approximate surface area is 184 Å². The fraction of sp³-hybridized carbons (Fsp3) is 0.240. The highest BCUT2D eigenvalue weighted by Gasteiger charge is 2.51. The van der Waals surface area contributed by atoms with Gasteiger partial charge in [-0.05, 0) is 45.3 Å². The smallest absolute Gasteiger partial charge is 0.456 e. The minimum Gasteiger partial charge on any atom is -0.456 e. The predicted molar refractivity (Wildman–Crippen MR) is 128 cm³/mol. The number of furan rings is 1. The molecule has 154 valence electrons. The van der Waals surface area contributed by atoms with Gasteiger partial charge in [-0.2, -0.15) is 0 Å². The average molecular weight is 427 g/mol. The van der Waals surface area contributed by atoms with Crippen LogP contribution in [0.25, 0.3) is 42.7 Å². The summed E-state index contributed by atoms with van der Waals surface area (Å²) in [5.74, 6) is 0. The maximum absolute atomic E-state index is 6.25. The molecule has 0 N–H and O–H groups in total. The van der Waals surface area contributed by atoms with Crippen LogP contribution < -0.4 is 5.46 Å². The molecule has 1 fully saturated rings. The summed E-state index contributed by atoms with van der Waals surface area (Å²) in [6, 6.07) is 20.7. The standard InChI is InChI=1S/C25H22BNO3S/c1-24(2)25(3,4)30-26(29-24)16-10-11-17-18-13-19-22(14-21(18)28-20(17)12-16)31-23(27-19)15-8-6-5-7-9-15/h5-14H,1-4H3. The van der Waals surface area contributed by atoms with E-state index in [1.165, 1.54) is 0 Å². The van der Waals surface area contributed by atoms with Gasteiger partial charge in [0.2, 0.25) is 0 Å². The second-order valence-electron chi connectivity index (χ2n) is 9.15. The first-order valence-electron chi connectivity index (χ1n) is 10.5. The minimum absolute atomic E-state index is 0.368. The SMILES string of the molecule is CC1(C)OB(c2ccc3c(c2)oc2cc4sc(-c5ccccc5)nc4cc23)OC1(C)C. The lowest BCUT2D eigenvalue weighted by molar-refractivity contribution is 0.00578. The van der Waals surface area contributed by atoms with Crippen molar-refractivity contribution in [3.05, 3.63) is 60.7 Å². The van der Waals surface area contributed by atoms with E-state index in [9.17, 15) is 0 Å². The Hall–Kier alpha value is -2.67. The molecule has 0 aliphatic carbocycles. The molecule has 2 aromatic heterocycles. The number of rotatable bonds is 2. The average Bonchev–Trinajstić information content (AvgIpc) is 3.37. The zero-order valence-corrected chi connectivity index (χ0v) is 18.7. The highest BCUT2D eigenvalue weighted by Crippen LogP contribution is 2.38. The van der Waals surface area contributed by atoms with Crippen molar-refractivity contribution in [2.75, 3.05) is 0 Å². The van der Waals surface area contributed by atoms with E-state index in [0.717, 1.165) is 48.2 Å². The Morgan fingerprint density at radius 3 is 2.26 bits per heavy atom. The highest BCUT2D eigenvalue weighted by atomic mass is 32.1. The van der Waals surface area contributed by atoms with Gasteiger partial charge in [-0.1, -0.05) is 42.5 Å². The van der Waals surface area contributed by atoms with E-state index in [4.69, 9.17) is 18.7 Å². The number of nitrogens with zero attached hydrogens (tertiary/aromatic N) is 1. The molecule has 1 aliphatic rings. The Balaban J connectivity index is 1.43. The molecule has 6 rings (SSSR count). The molecule has 3 aromatic carbocycles. The lowest BCUT2D eigenvalue weighted by atomic mass is 9.79. The lowest BCUT2D eigenvalue weighted by Gasteiger charge is -2.32. The van der Waals surface area contributed by atoms with E-state index >= 15 is 0 Å². The zero-order valence-electron chi connectivity index (χ0n) is 17.9. The molecular weight excluding hydrogens is 405 g/mol. The summed E-state index contributed by atoms with van der Waals surface area (Å²) in [6.45, 7) is 8.26. The monoisotopic (exact) mass is 427 g/mol. The molecule has 0 spiro atoms. The van der Waals surface area contributed by atoms with Gasteiger partial charge in [0.15, 0.2) is 0 Å². The van der Waals surface area contributed by atoms with Crippen molar-refractivity contribution in [1.29, 1.82) is 0 Å². The van der Waals surface area contributed by atoms with E-state index < -0.39 is 7.12 Å². The van der Waals surface area contributed by atoms with Crippen molar-refractivity contribution in [3.63, 3.8) is 0 Å². The minimum atomic E-state index is -0.402. The summed E-state index contributed by atoms with van der Waals surface area (Å²) in [6.07, 6.45) is 0. The maximum atomic E-state index is 6.25. The van der Waals surface area contributed by atoms with Gasteiger partial charge < -0.3 is 13.7 Å². The second kappa shape index (κ2) is 6.42. The lowest BCUT2D eigenvalue weighted by Crippen LogP contribution is -2.41. The van der Waals surface area contributed by atoms with E-state index in [1.54, 1.807) is 11.3 Å². The van der Waals surface area contributed by atoms with Crippen LogP contribution in [0.3, 0.4) is 0 Å². The van der Waals surface area contributed by atoms with Gasteiger partial charge in [-0.15, -0.1) is 11.3 Å². The van der Waals surface area contributed by atoms with E-state index in [0.29, 0.717) is 0 Å². The Kier molecular flexibility index (Phi) is 3.95. The van der Waals surface area contributed by atoms with E-state index in [1.807, 2.05) is 24.3 Å². The second-order valence-corrected chi connectivity index (χ2v) is 10.2. The molecule has 0 atom stereocenters. The third-order valence-corrected chi connectivity index (χ3v) is 7.62. The fourth-order valence-electron chi connectivity index (χ4n) is 4.04. The summed E-state index contributed by atoms with van der Waals surface area (Å²) < 4.78 is 19.8. The van der Waals surface area contributed by atoms with Crippen LogP contribution >= 0.6 is 11.3 Å². The maximum Gasteiger partial charge on any atom is 0.494 e. The molecule has 0 amide bonds. The quantitative estimate of drug-likeness (QED) is 0.317. The molecule has 0 bridgehead atoms. The first kappa shape index (κ1) is 19.1. The number of fused-ring (bicyclic) bond motifs is 4. The van der Waals surface area contributed by atoms with Crippen LogP contribution in [0.5, 0.6) is 0 Å². The number of aromatic nitrogens is 1. The van der Waals surface area contributed by atoms with Crippen LogP contribution in [0, 0.1) is 0 Å². The fourth-order valence-corrected chi connectivity index (χ4v) is 5.03. The van der Waals surface area contributed by atoms with Gasteiger partial charge in [-0.25, -0.2) is 4.98 Å². The van der Waals surface area contributed by atoms with E-state index in [-0.39, 0.29) is 11.2 Å². The van der Waals surface area contributed by atoms with Crippen molar-refractivity contribution in [3.8, 4) is 10.6 Å². The first-order valence-corrected chi connectivity index (χ1v) is 11.3. The predicted octanol–water partition coefficient (Wildman–Crippen LogP) is 6.16. The van der Waals surface area contributed by atoms with Crippen LogP contribution in [0.4, 0.5) is 0 Å². The van der Waals surface area contributed by atoms with Crippen molar-refractivity contribution < 1.29 is 13.7 Å². The summed E-state index contributed by atoms with van der Waals surface area (Å²) in [5, 5.41) is 3.18. The normalized spacial score (nSPS) is 17.9. The van der Waals surface area contributed by atoms with Crippen LogP contribution in [0.1, 0.15) is 27.7 Å². The molecule has 31 heavy (non-hydrogen) atoms. The molecule has 4 nitrogen and oxygen atoms in total. The van der Waals surface area contributed by atoms with Crippen LogP contribution in [-0.2, 0) is 9.31 Å². The summed E-state index contributed by atoms with van der Waals surface area (Å²) in [5.41, 5.74) is 4.07. The Bertz CT molecular complexity index is 1440. The number of benzene rings is 3. The van der Waals surface area contributed by atoms with Crippen molar-refractivity contribution >= 4 is 56.1 Å². The van der Waals surface area contributed by atoms with Gasteiger partial charge in [0.1, 0.15) is 16.2 Å². The van der Waals surface area contributed by atoms with Crippen molar-refractivity contribution in [2.45, 2.75) is 38.9 Å². The molecule has 1 aliphatic heterocycles. The van der Waals surface area contributed by atoms with Gasteiger partial charge >= 0.3 is 7.12 Å². The molecule has 1 saturated heterocycles. The zero-order chi connectivity index (χ0) is 21.4. The van der Waals surface area contributed by atoms with Gasteiger partial charge in [0.25, 0.3) is 0 Å². The number of hydrogen-bond donors (Lipinski definition) is 0. The highest BCUT2D eigenvalue weighted by molar-refractivity contribution is 7.21. The third kappa shape index (κ3) is 2.93. The van der Waals surface area contributed by atoms with Crippen molar-refractivity contribution in [1.82, 2.24) is 4.98 Å².